The minimum Gasteiger partial charge on any atom is -0.508 e. The van der Waals surface area contributed by atoms with Crippen molar-refractivity contribution in [2.75, 3.05) is 31.1 Å². The first kappa shape index (κ1) is 14.4. The van der Waals surface area contributed by atoms with Gasteiger partial charge in [-0.3, -0.25) is 4.79 Å². The van der Waals surface area contributed by atoms with E-state index >= 15 is 0 Å². The SMILES string of the molecule is C[C@@H](C(=O)N1CCN(c2ccc(O)cc2)CC1)n1ccnc1. The van der Waals surface area contributed by atoms with Gasteiger partial charge in [0, 0.05) is 44.3 Å². The Balaban J connectivity index is 1.59. The van der Waals surface area contributed by atoms with Crippen molar-refractivity contribution >= 4 is 11.6 Å². The van der Waals surface area contributed by atoms with Crippen LogP contribution in [-0.4, -0.2) is 51.6 Å². The van der Waals surface area contributed by atoms with Crippen molar-refractivity contribution in [3.8, 4) is 5.75 Å². The fraction of sp³-hybridized carbons (Fsp3) is 0.375. The van der Waals surface area contributed by atoms with Gasteiger partial charge in [0.05, 0.1) is 6.33 Å². The van der Waals surface area contributed by atoms with E-state index < -0.39 is 0 Å². The highest BCUT2D eigenvalue weighted by atomic mass is 16.3. The number of hydrogen-bond donors (Lipinski definition) is 1. The Kier molecular flexibility index (Phi) is 4.00. The van der Waals surface area contributed by atoms with Crippen molar-refractivity contribution in [2.45, 2.75) is 13.0 Å². The molecule has 0 bridgehead atoms. The number of carbonyl (C=O) groups is 1. The zero-order chi connectivity index (χ0) is 15.5. The molecule has 0 aliphatic carbocycles. The van der Waals surface area contributed by atoms with E-state index in [1.54, 1.807) is 24.7 Å². The van der Waals surface area contributed by atoms with Gasteiger partial charge in [0.15, 0.2) is 0 Å². The highest BCUT2D eigenvalue weighted by molar-refractivity contribution is 5.80. The lowest BCUT2D eigenvalue weighted by Gasteiger charge is -2.37. The summed E-state index contributed by atoms with van der Waals surface area (Å²) in [4.78, 5) is 20.6. The largest absolute Gasteiger partial charge is 0.508 e. The molecule has 0 radical (unpaired) electrons. The molecule has 1 atom stereocenters. The summed E-state index contributed by atoms with van der Waals surface area (Å²) in [5.41, 5.74) is 1.08. The molecule has 22 heavy (non-hydrogen) atoms. The number of aromatic hydroxyl groups is 1. The quantitative estimate of drug-likeness (QED) is 0.933. The normalized spacial score (nSPS) is 16.6. The number of aromatic nitrogens is 2. The van der Waals surface area contributed by atoms with E-state index in [2.05, 4.69) is 9.88 Å². The Bertz CT molecular complexity index is 616. The first-order valence-electron chi connectivity index (χ1n) is 7.45. The topological polar surface area (TPSA) is 61.6 Å². The number of benzene rings is 1. The molecule has 1 saturated heterocycles. The minimum absolute atomic E-state index is 0.128. The molecule has 0 spiro atoms. The fourth-order valence-corrected chi connectivity index (χ4v) is 2.74. The number of hydrogen-bond acceptors (Lipinski definition) is 4. The van der Waals surface area contributed by atoms with Gasteiger partial charge in [-0.15, -0.1) is 0 Å². The fourth-order valence-electron chi connectivity index (χ4n) is 2.74. The second-order valence-electron chi connectivity index (χ2n) is 5.51. The summed E-state index contributed by atoms with van der Waals surface area (Å²) in [7, 11) is 0. The molecule has 1 amide bonds. The smallest absolute Gasteiger partial charge is 0.245 e. The molecule has 1 aliphatic heterocycles. The lowest BCUT2D eigenvalue weighted by molar-refractivity contribution is -0.134. The van der Waals surface area contributed by atoms with Gasteiger partial charge in [0.1, 0.15) is 11.8 Å². The van der Waals surface area contributed by atoms with Gasteiger partial charge in [-0.2, -0.15) is 0 Å². The van der Waals surface area contributed by atoms with Crippen LogP contribution in [0.15, 0.2) is 43.0 Å². The number of carbonyl (C=O) groups excluding carboxylic acids is 1. The molecule has 0 saturated carbocycles. The van der Waals surface area contributed by atoms with Gasteiger partial charge in [0.25, 0.3) is 0 Å². The van der Waals surface area contributed by atoms with Gasteiger partial charge in [-0.1, -0.05) is 0 Å². The van der Waals surface area contributed by atoms with E-state index in [0.29, 0.717) is 13.1 Å². The van der Waals surface area contributed by atoms with E-state index in [-0.39, 0.29) is 17.7 Å². The van der Waals surface area contributed by atoms with Crippen LogP contribution < -0.4 is 4.90 Å². The molecule has 1 fully saturated rings. The van der Waals surface area contributed by atoms with Gasteiger partial charge >= 0.3 is 0 Å². The lowest BCUT2D eigenvalue weighted by atomic mass is 10.2. The summed E-state index contributed by atoms with van der Waals surface area (Å²) in [6, 6.07) is 6.96. The number of phenolic OH excluding ortho intramolecular Hbond substituents is 1. The summed E-state index contributed by atoms with van der Waals surface area (Å²) in [5, 5.41) is 9.34. The van der Waals surface area contributed by atoms with Crippen LogP contribution in [0.3, 0.4) is 0 Å². The Hall–Kier alpha value is -2.50. The summed E-state index contributed by atoms with van der Waals surface area (Å²) in [6.45, 7) is 4.91. The third-order valence-corrected chi connectivity index (χ3v) is 4.14. The Morgan fingerprint density at radius 2 is 1.86 bits per heavy atom. The summed E-state index contributed by atoms with van der Waals surface area (Å²) in [6.07, 6.45) is 5.18. The molecular weight excluding hydrogens is 280 g/mol. The zero-order valence-corrected chi connectivity index (χ0v) is 12.6. The Morgan fingerprint density at radius 1 is 1.18 bits per heavy atom. The van der Waals surface area contributed by atoms with Crippen molar-refractivity contribution in [3.63, 3.8) is 0 Å². The minimum atomic E-state index is -0.220. The maximum atomic E-state index is 12.5. The van der Waals surface area contributed by atoms with E-state index in [1.165, 1.54) is 0 Å². The van der Waals surface area contributed by atoms with Crippen LogP contribution in [0.25, 0.3) is 0 Å². The van der Waals surface area contributed by atoms with Crippen LogP contribution in [0.1, 0.15) is 13.0 Å². The van der Waals surface area contributed by atoms with Gasteiger partial charge in [-0.05, 0) is 31.2 Å². The number of anilines is 1. The second-order valence-corrected chi connectivity index (χ2v) is 5.51. The van der Waals surface area contributed by atoms with Crippen molar-refractivity contribution < 1.29 is 9.90 Å². The van der Waals surface area contributed by atoms with E-state index in [9.17, 15) is 9.90 Å². The van der Waals surface area contributed by atoms with Crippen molar-refractivity contribution in [1.82, 2.24) is 14.5 Å². The number of amides is 1. The average Bonchev–Trinajstić information content (AvgIpc) is 3.09. The van der Waals surface area contributed by atoms with Crippen molar-refractivity contribution in [1.29, 1.82) is 0 Å². The zero-order valence-electron chi connectivity index (χ0n) is 12.6. The molecule has 1 aromatic heterocycles. The summed E-state index contributed by atoms with van der Waals surface area (Å²) < 4.78 is 1.83. The number of nitrogens with zero attached hydrogens (tertiary/aromatic N) is 4. The third-order valence-electron chi connectivity index (χ3n) is 4.14. The van der Waals surface area contributed by atoms with Gasteiger partial charge < -0.3 is 19.5 Å². The first-order valence-corrected chi connectivity index (χ1v) is 7.45. The highest BCUT2D eigenvalue weighted by Crippen LogP contribution is 2.20. The highest BCUT2D eigenvalue weighted by Gasteiger charge is 2.25. The Labute approximate surface area is 129 Å². The van der Waals surface area contributed by atoms with Crippen LogP contribution in [-0.2, 0) is 4.79 Å². The van der Waals surface area contributed by atoms with Crippen molar-refractivity contribution in [2.24, 2.45) is 0 Å². The molecule has 0 unspecified atom stereocenters. The number of rotatable bonds is 3. The first-order chi connectivity index (χ1) is 10.6. The average molecular weight is 300 g/mol. The maximum Gasteiger partial charge on any atom is 0.245 e. The molecule has 1 aromatic carbocycles. The maximum absolute atomic E-state index is 12.5. The lowest BCUT2D eigenvalue weighted by Crippen LogP contribution is -2.50. The van der Waals surface area contributed by atoms with E-state index in [0.717, 1.165) is 18.8 Å². The molecule has 6 nitrogen and oxygen atoms in total. The predicted molar refractivity (Wildman–Crippen MR) is 83.8 cm³/mol. The summed E-state index contributed by atoms with van der Waals surface area (Å²) in [5.74, 6) is 0.398. The molecule has 3 rings (SSSR count). The van der Waals surface area contributed by atoms with E-state index in [4.69, 9.17) is 0 Å². The van der Waals surface area contributed by atoms with Crippen LogP contribution in [0.5, 0.6) is 5.75 Å². The van der Waals surface area contributed by atoms with E-state index in [1.807, 2.05) is 34.7 Å². The van der Waals surface area contributed by atoms with Gasteiger partial charge in [0.2, 0.25) is 5.91 Å². The molecule has 6 heteroatoms. The number of phenols is 1. The summed E-state index contributed by atoms with van der Waals surface area (Å²) >= 11 is 0. The third kappa shape index (κ3) is 2.90. The predicted octanol–water partition coefficient (Wildman–Crippen LogP) is 1.50. The molecule has 2 aromatic rings. The van der Waals surface area contributed by atoms with Crippen molar-refractivity contribution in [3.05, 3.63) is 43.0 Å². The monoisotopic (exact) mass is 300 g/mol. The van der Waals surface area contributed by atoms with Gasteiger partial charge in [-0.25, -0.2) is 4.98 Å². The standard InChI is InChI=1S/C16H20N4O2/c1-13(20-7-6-17-12-20)16(22)19-10-8-18(9-11-19)14-2-4-15(21)5-3-14/h2-7,12-13,21H,8-11H2,1H3/t13-/m0/s1. The second kappa shape index (κ2) is 6.09. The van der Waals surface area contributed by atoms with Crippen LogP contribution in [0.4, 0.5) is 5.69 Å². The van der Waals surface area contributed by atoms with Crippen LogP contribution in [0, 0.1) is 0 Å². The molecule has 1 aliphatic rings. The number of imidazole rings is 1. The molecular formula is C16H20N4O2. The Morgan fingerprint density at radius 3 is 2.45 bits per heavy atom. The van der Waals surface area contributed by atoms with Crippen LogP contribution >= 0.6 is 0 Å². The molecule has 2 heterocycles. The molecule has 1 N–H and O–H groups in total. The number of piperazine rings is 1. The van der Waals surface area contributed by atoms with Crippen LogP contribution in [0.2, 0.25) is 0 Å². The molecule has 116 valence electrons.